The van der Waals surface area contributed by atoms with Crippen LogP contribution in [0.4, 0.5) is 0 Å². The van der Waals surface area contributed by atoms with Crippen LogP contribution in [0.1, 0.15) is 187 Å². The predicted octanol–water partition coefficient (Wildman–Crippen LogP) is 13.5. The third-order valence-electron chi connectivity index (χ3n) is 9.80. The fourth-order valence-corrected chi connectivity index (χ4v) is 6.91. The molecule has 8 nitrogen and oxygen atoms in total. The highest BCUT2D eigenvalue weighted by atomic mass is 31.2. The van der Waals surface area contributed by atoms with Gasteiger partial charge in [-0.15, -0.1) is 0 Å². The average molecular weight is 836 g/mol. The monoisotopic (exact) mass is 836 g/mol. The van der Waals surface area contributed by atoms with E-state index in [-0.39, 0.29) is 25.8 Å². The molecule has 2 unspecified atom stereocenters. The van der Waals surface area contributed by atoms with Gasteiger partial charge in [0.1, 0.15) is 19.3 Å². The lowest BCUT2D eigenvalue weighted by atomic mass is 10.1. The lowest BCUT2D eigenvalue weighted by molar-refractivity contribution is -0.870. The van der Waals surface area contributed by atoms with Gasteiger partial charge in [-0.2, -0.15) is 0 Å². The van der Waals surface area contributed by atoms with Crippen molar-refractivity contribution in [3.63, 3.8) is 0 Å². The van der Waals surface area contributed by atoms with E-state index in [0.717, 1.165) is 83.5 Å². The summed E-state index contributed by atoms with van der Waals surface area (Å²) < 4.78 is 34.6. The summed E-state index contributed by atoms with van der Waals surface area (Å²) in [6, 6.07) is 0. The van der Waals surface area contributed by atoms with Crippen molar-refractivity contribution in [1.29, 1.82) is 0 Å². The largest absolute Gasteiger partial charge is 0.756 e. The molecular formula is C49H90NO7P. The zero-order valence-corrected chi connectivity index (χ0v) is 39.1. The van der Waals surface area contributed by atoms with Crippen LogP contribution in [-0.2, 0) is 27.9 Å². The molecule has 0 aromatic rings. The van der Waals surface area contributed by atoms with E-state index in [1.807, 2.05) is 21.1 Å². The van der Waals surface area contributed by atoms with Crippen molar-refractivity contribution in [2.45, 2.75) is 193 Å². The van der Waals surface area contributed by atoms with Gasteiger partial charge in [0.25, 0.3) is 7.82 Å². The molecule has 0 amide bonds. The highest BCUT2D eigenvalue weighted by molar-refractivity contribution is 7.45. The number of allylic oxidation sites excluding steroid dienone is 10. The number of carbonyl (C=O) groups excluding carboxylic acids is 1. The second-order valence-electron chi connectivity index (χ2n) is 16.7. The molecule has 0 heterocycles. The van der Waals surface area contributed by atoms with Crippen LogP contribution in [0.15, 0.2) is 60.8 Å². The van der Waals surface area contributed by atoms with Crippen molar-refractivity contribution in [3.8, 4) is 0 Å². The number of rotatable bonds is 43. The number of unbranched alkanes of at least 4 members (excludes halogenated alkanes) is 19. The maximum Gasteiger partial charge on any atom is 0.306 e. The summed E-state index contributed by atoms with van der Waals surface area (Å²) in [5.41, 5.74) is 0. The fraction of sp³-hybridized carbons (Fsp3) is 0.776. The van der Waals surface area contributed by atoms with E-state index in [1.54, 1.807) is 0 Å². The number of quaternary nitrogens is 1. The van der Waals surface area contributed by atoms with Gasteiger partial charge in [0.2, 0.25) is 0 Å². The van der Waals surface area contributed by atoms with Crippen LogP contribution >= 0.6 is 7.82 Å². The zero-order chi connectivity index (χ0) is 42.7. The van der Waals surface area contributed by atoms with E-state index in [2.05, 4.69) is 74.6 Å². The first-order chi connectivity index (χ1) is 28.1. The third-order valence-corrected chi connectivity index (χ3v) is 10.8. The van der Waals surface area contributed by atoms with Crippen LogP contribution in [0, 0.1) is 0 Å². The van der Waals surface area contributed by atoms with Crippen molar-refractivity contribution in [2.75, 3.05) is 54.1 Å². The Labute approximate surface area is 358 Å². The number of hydrogen-bond acceptors (Lipinski definition) is 7. The minimum absolute atomic E-state index is 0.0199. The van der Waals surface area contributed by atoms with E-state index < -0.39 is 13.9 Å². The summed E-state index contributed by atoms with van der Waals surface area (Å²) in [4.78, 5) is 25.1. The van der Waals surface area contributed by atoms with Crippen LogP contribution in [-0.4, -0.2) is 70.7 Å². The Kier molecular flexibility index (Phi) is 40.6. The van der Waals surface area contributed by atoms with Crippen molar-refractivity contribution >= 4 is 13.8 Å². The molecule has 0 aliphatic heterocycles. The molecule has 0 aromatic heterocycles. The number of phosphoric acid groups is 1. The third kappa shape index (κ3) is 45.3. The number of nitrogens with zero attached hydrogens (tertiary/aromatic N) is 1. The molecule has 0 bridgehead atoms. The fourth-order valence-electron chi connectivity index (χ4n) is 6.18. The molecular weight excluding hydrogens is 746 g/mol. The summed E-state index contributed by atoms with van der Waals surface area (Å²) in [5, 5.41) is 0. The molecule has 58 heavy (non-hydrogen) atoms. The van der Waals surface area contributed by atoms with Gasteiger partial charge in [0.05, 0.1) is 34.4 Å². The van der Waals surface area contributed by atoms with Crippen molar-refractivity contribution in [3.05, 3.63) is 60.8 Å². The Balaban J connectivity index is 4.23. The van der Waals surface area contributed by atoms with Gasteiger partial charge < -0.3 is 27.9 Å². The van der Waals surface area contributed by atoms with E-state index in [9.17, 15) is 14.3 Å². The number of hydrogen-bond donors (Lipinski definition) is 0. The van der Waals surface area contributed by atoms with Crippen LogP contribution in [0.2, 0.25) is 0 Å². The number of esters is 1. The van der Waals surface area contributed by atoms with Gasteiger partial charge in [-0.25, -0.2) is 0 Å². The van der Waals surface area contributed by atoms with Gasteiger partial charge in [-0.1, -0.05) is 164 Å². The molecule has 0 saturated carbocycles. The molecule has 0 spiro atoms. The number of likely N-dealkylation sites (N-methyl/N-ethyl adjacent to an activating group) is 1. The van der Waals surface area contributed by atoms with Gasteiger partial charge >= 0.3 is 5.97 Å². The molecule has 2 atom stereocenters. The van der Waals surface area contributed by atoms with E-state index in [1.165, 1.54) is 83.5 Å². The maximum absolute atomic E-state index is 12.7. The number of phosphoric ester groups is 1. The summed E-state index contributed by atoms with van der Waals surface area (Å²) in [5.74, 6) is -0.348. The van der Waals surface area contributed by atoms with Gasteiger partial charge in [-0.3, -0.25) is 9.36 Å². The lowest BCUT2D eigenvalue weighted by Gasteiger charge is -2.28. The van der Waals surface area contributed by atoms with E-state index >= 15 is 0 Å². The van der Waals surface area contributed by atoms with E-state index in [0.29, 0.717) is 24.1 Å². The number of carbonyl (C=O) groups is 1. The summed E-state index contributed by atoms with van der Waals surface area (Å²) >= 11 is 0. The zero-order valence-electron chi connectivity index (χ0n) is 38.2. The Morgan fingerprint density at radius 3 is 1.52 bits per heavy atom. The SMILES string of the molecule is CC/C=C\C/C=C\C/C=C\C/C=C\CCCCCCCCCOCC(COP(=O)([O-])OCC[N+](C)(C)C)OC(=O)CCCCCCC/C=C\CCCCCCCCC. The average Bonchev–Trinajstić information content (AvgIpc) is 3.18. The second-order valence-corrected chi connectivity index (χ2v) is 18.1. The molecule has 0 N–H and O–H groups in total. The van der Waals surface area contributed by atoms with Crippen LogP contribution in [0.25, 0.3) is 0 Å². The standard InChI is InChI=1S/C49H90NO7P/c1-6-8-10-12-14-16-18-20-22-24-25-26-27-29-31-33-35-37-39-41-44-54-46-48(47-56-58(52,53)55-45-43-50(3,4)5)57-49(51)42-40-38-36-34-32-30-28-23-21-19-17-15-13-11-9-7-2/h8,10,14,16,20,22-23,25-26,28,48H,6-7,9,11-13,15,17-19,21,24,27,29-47H2,1-5H3/b10-8-,16-14-,22-20-,26-25-,28-23-. The first-order valence-corrected chi connectivity index (χ1v) is 25.0. The molecule has 0 aromatic carbocycles. The van der Waals surface area contributed by atoms with Crippen LogP contribution in [0.5, 0.6) is 0 Å². The molecule has 0 saturated heterocycles. The van der Waals surface area contributed by atoms with E-state index in [4.69, 9.17) is 18.5 Å². The Bertz CT molecular complexity index is 1110. The first kappa shape index (κ1) is 56.2. The minimum Gasteiger partial charge on any atom is -0.756 e. The Hall–Kier alpha value is -1.80. The topological polar surface area (TPSA) is 94.1 Å². The smallest absolute Gasteiger partial charge is 0.306 e. The molecule has 0 aliphatic rings. The predicted molar refractivity (Wildman–Crippen MR) is 245 cm³/mol. The Morgan fingerprint density at radius 2 is 1.00 bits per heavy atom. The molecule has 0 rings (SSSR count). The summed E-state index contributed by atoms with van der Waals surface area (Å²) in [6.45, 7) is 5.26. The maximum atomic E-state index is 12.7. The highest BCUT2D eigenvalue weighted by Gasteiger charge is 2.20. The van der Waals surface area contributed by atoms with Crippen LogP contribution < -0.4 is 4.89 Å². The van der Waals surface area contributed by atoms with Gasteiger partial charge in [0, 0.05) is 13.0 Å². The molecule has 9 heteroatoms. The van der Waals surface area contributed by atoms with Crippen LogP contribution in [0.3, 0.4) is 0 Å². The molecule has 0 aliphatic carbocycles. The molecule has 0 radical (unpaired) electrons. The number of ether oxygens (including phenoxy) is 2. The molecule has 338 valence electrons. The van der Waals surface area contributed by atoms with Crippen molar-refractivity contribution < 1.29 is 37.3 Å². The molecule has 0 fully saturated rings. The second kappa shape index (κ2) is 41.9. The lowest BCUT2D eigenvalue weighted by Crippen LogP contribution is -2.37. The normalized spacial score (nSPS) is 14.2. The van der Waals surface area contributed by atoms with Gasteiger partial charge in [0.15, 0.2) is 0 Å². The minimum atomic E-state index is -4.53. The van der Waals surface area contributed by atoms with Crippen molar-refractivity contribution in [1.82, 2.24) is 0 Å². The highest BCUT2D eigenvalue weighted by Crippen LogP contribution is 2.38. The first-order valence-electron chi connectivity index (χ1n) is 23.5. The summed E-state index contributed by atoms with van der Waals surface area (Å²) in [6.07, 6.45) is 52.3. The van der Waals surface area contributed by atoms with Crippen molar-refractivity contribution in [2.24, 2.45) is 0 Å². The summed E-state index contributed by atoms with van der Waals surface area (Å²) in [7, 11) is 1.34. The Morgan fingerprint density at radius 1 is 0.552 bits per heavy atom. The van der Waals surface area contributed by atoms with Gasteiger partial charge in [-0.05, 0) is 77.0 Å². The quantitative estimate of drug-likeness (QED) is 0.0198.